The maximum absolute atomic E-state index is 6.04. The van der Waals surface area contributed by atoms with Gasteiger partial charge in [-0.3, -0.25) is 0 Å². The topological polar surface area (TPSA) is 25.2 Å². The van der Waals surface area contributed by atoms with E-state index in [-0.39, 0.29) is 5.54 Å². The first-order valence-electron chi connectivity index (χ1n) is 6.45. The zero-order valence-corrected chi connectivity index (χ0v) is 12.6. The normalized spacial score (nSPS) is 11.8. The Morgan fingerprint density at radius 2 is 1.89 bits per heavy atom. The summed E-state index contributed by atoms with van der Waals surface area (Å²) in [5.41, 5.74) is 2.29. The molecule has 0 aliphatic rings. The van der Waals surface area contributed by atoms with Crippen LogP contribution in [0.1, 0.15) is 32.1 Å². The number of benzene rings is 1. The molecular formula is C16H20ClNO. The van der Waals surface area contributed by atoms with E-state index in [0.29, 0.717) is 0 Å². The molecule has 1 N–H and O–H groups in total. The molecule has 1 aromatic carbocycles. The highest BCUT2D eigenvalue weighted by Gasteiger charge is 2.12. The summed E-state index contributed by atoms with van der Waals surface area (Å²) in [6.07, 6.45) is 0. The first kappa shape index (κ1) is 14.2. The largest absolute Gasteiger partial charge is 0.460 e. The van der Waals surface area contributed by atoms with E-state index in [1.807, 2.05) is 30.3 Å². The van der Waals surface area contributed by atoms with Crippen molar-refractivity contribution < 1.29 is 4.42 Å². The molecule has 0 unspecified atom stereocenters. The molecule has 0 bridgehead atoms. The monoisotopic (exact) mass is 277 g/mol. The van der Waals surface area contributed by atoms with Crippen LogP contribution in [0.25, 0.3) is 11.3 Å². The molecule has 2 nitrogen and oxygen atoms in total. The molecule has 2 rings (SSSR count). The summed E-state index contributed by atoms with van der Waals surface area (Å²) in [5.74, 6) is 1.80. The standard InChI is InChI=1S/C16H20ClNO/c1-11-5-6-12(17)9-14(11)15-8-7-13(19-15)10-18-16(2,3)4/h5-9,18H,10H2,1-4H3. The summed E-state index contributed by atoms with van der Waals surface area (Å²) >= 11 is 6.04. The molecule has 0 aliphatic carbocycles. The number of hydrogen-bond acceptors (Lipinski definition) is 2. The van der Waals surface area contributed by atoms with Gasteiger partial charge in [0.25, 0.3) is 0 Å². The van der Waals surface area contributed by atoms with Crippen LogP contribution in [0.5, 0.6) is 0 Å². The molecule has 102 valence electrons. The molecule has 0 radical (unpaired) electrons. The first-order valence-corrected chi connectivity index (χ1v) is 6.83. The average Bonchev–Trinajstić information content (AvgIpc) is 2.77. The predicted molar refractivity (Wildman–Crippen MR) is 80.5 cm³/mol. The second-order valence-electron chi connectivity index (χ2n) is 5.83. The third-order valence-electron chi connectivity index (χ3n) is 2.92. The van der Waals surface area contributed by atoms with Crippen LogP contribution in [0.4, 0.5) is 0 Å². The summed E-state index contributed by atoms with van der Waals surface area (Å²) < 4.78 is 5.88. The van der Waals surface area contributed by atoms with Gasteiger partial charge < -0.3 is 9.73 Å². The van der Waals surface area contributed by atoms with Gasteiger partial charge in [-0.25, -0.2) is 0 Å². The van der Waals surface area contributed by atoms with Crippen molar-refractivity contribution in [1.29, 1.82) is 0 Å². The molecule has 3 heteroatoms. The van der Waals surface area contributed by atoms with E-state index in [0.717, 1.165) is 34.2 Å². The van der Waals surface area contributed by atoms with Gasteiger partial charge >= 0.3 is 0 Å². The Morgan fingerprint density at radius 1 is 1.16 bits per heavy atom. The maximum atomic E-state index is 6.04. The number of furan rings is 1. The van der Waals surface area contributed by atoms with E-state index in [1.54, 1.807) is 0 Å². The van der Waals surface area contributed by atoms with Crippen molar-refractivity contribution in [2.75, 3.05) is 0 Å². The smallest absolute Gasteiger partial charge is 0.134 e. The molecule has 0 fully saturated rings. The van der Waals surface area contributed by atoms with E-state index in [9.17, 15) is 0 Å². The third kappa shape index (κ3) is 3.85. The molecule has 1 aromatic heterocycles. The van der Waals surface area contributed by atoms with Crippen LogP contribution >= 0.6 is 11.6 Å². The second kappa shape index (κ2) is 5.40. The fourth-order valence-electron chi connectivity index (χ4n) is 1.83. The van der Waals surface area contributed by atoms with Crippen LogP contribution in [0.3, 0.4) is 0 Å². The van der Waals surface area contributed by atoms with Gasteiger partial charge in [-0.15, -0.1) is 0 Å². The fourth-order valence-corrected chi connectivity index (χ4v) is 2.00. The number of hydrogen-bond donors (Lipinski definition) is 1. The van der Waals surface area contributed by atoms with Gasteiger partial charge in [-0.2, -0.15) is 0 Å². The van der Waals surface area contributed by atoms with Gasteiger partial charge in [-0.05, 0) is 57.5 Å². The molecule has 0 saturated heterocycles. The van der Waals surface area contributed by atoms with Crippen molar-refractivity contribution in [2.24, 2.45) is 0 Å². The van der Waals surface area contributed by atoms with Crippen LogP contribution in [0, 0.1) is 6.92 Å². The number of rotatable bonds is 3. The number of aryl methyl sites for hydroxylation is 1. The van der Waals surface area contributed by atoms with E-state index < -0.39 is 0 Å². The number of halogens is 1. The van der Waals surface area contributed by atoms with Crippen LogP contribution in [0.15, 0.2) is 34.7 Å². The van der Waals surface area contributed by atoms with Gasteiger partial charge in [0.05, 0.1) is 6.54 Å². The van der Waals surface area contributed by atoms with Crippen LogP contribution in [0.2, 0.25) is 5.02 Å². The molecule has 0 saturated carbocycles. The van der Waals surface area contributed by atoms with Gasteiger partial charge in [0.2, 0.25) is 0 Å². The van der Waals surface area contributed by atoms with Crippen molar-refractivity contribution in [1.82, 2.24) is 5.32 Å². The Bertz CT molecular complexity index is 566. The van der Waals surface area contributed by atoms with Gasteiger partial charge in [0.15, 0.2) is 0 Å². The van der Waals surface area contributed by atoms with Crippen molar-refractivity contribution in [3.8, 4) is 11.3 Å². The van der Waals surface area contributed by atoms with E-state index in [2.05, 4.69) is 33.0 Å². The lowest BCUT2D eigenvalue weighted by Crippen LogP contribution is -2.34. The minimum atomic E-state index is 0.0823. The van der Waals surface area contributed by atoms with Crippen molar-refractivity contribution in [3.63, 3.8) is 0 Å². The lowest BCUT2D eigenvalue weighted by Gasteiger charge is -2.19. The first-order chi connectivity index (χ1) is 8.85. The van der Waals surface area contributed by atoms with Crippen molar-refractivity contribution in [2.45, 2.75) is 39.8 Å². The van der Waals surface area contributed by atoms with E-state index in [1.165, 1.54) is 0 Å². The minimum absolute atomic E-state index is 0.0823. The minimum Gasteiger partial charge on any atom is -0.460 e. The Kier molecular flexibility index (Phi) is 4.02. The fraction of sp³-hybridized carbons (Fsp3) is 0.375. The quantitative estimate of drug-likeness (QED) is 0.872. The van der Waals surface area contributed by atoms with Crippen LogP contribution in [-0.4, -0.2) is 5.54 Å². The maximum Gasteiger partial charge on any atom is 0.134 e. The van der Waals surface area contributed by atoms with E-state index in [4.69, 9.17) is 16.0 Å². The molecule has 19 heavy (non-hydrogen) atoms. The molecule has 0 amide bonds. The molecular weight excluding hydrogens is 258 g/mol. The van der Waals surface area contributed by atoms with Gasteiger partial charge in [0, 0.05) is 16.1 Å². The number of nitrogens with one attached hydrogen (secondary N) is 1. The van der Waals surface area contributed by atoms with Crippen molar-refractivity contribution >= 4 is 11.6 Å². The third-order valence-corrected chi connectivity index (χ3v) is 3.15. The average molecular weight is 278 g/mol. The highest BCUT2D eigenvalue weighted by molar-refractivity contribution is 6.30. The lowest BCUT2D eigenvalue weighted by molar-refractivity contribution is 0.391. The zero-order valence-electron chi connectivity index (χ0n) is 11.9. The van der Waals surface area contributed by atoms with Crippen LogP contribution < -0.4 is 5.32 Å². The lowest BCUT2D eigenvalue weighted by atomic mass is 10.1. The van der Waals surface area contributed by atoms with Crippen molar-refractivity contribution in [3.05, 3.63) is 46.7 Å². The summed E-state index contributed by atoms with van der Waals surface area (Å²) in [4.78, 5) is 0. The predicted octanol–water partition coefficient (Wildman–Crippen LogP) is 4.80. The molecule has 2 aromatic rings. The molecule has 0 spiro atoms. The summed E-state index contributed by atoms with van der Waals surface area (Å²) in [5, 5.41) is 4.14. The molecule has 0 aliphatic heterocycles. The van der Waals surface area contributed by atoms with E-state index >= 15 is 0 Å². The SMILES string of the molecule is Cc1ccc(Cl)cc1-c1ccc(CNC(C)(C)C)o1. The molecule has 1 heterocycles. The Labute approximate surface area is 119 Å². The zero-order chi connectivity index (χ0) is 14.0. The Balaban J connectivity index is 2.19. The molecule has 0 atom stereocenters. The van der Waals surface area contributed by atoms with Crippen LogP contribution in [-0.2, 0) is 6.54 Å². The second-order valence-corrected chi connectivity index (χ2v) is 6.27. The Hall–Kier alpha value is -1.25. The Morgan fingerprint density at radius 3 is 2.58 bits per heavy atom. The van der Waals surface area contributed by atoms with Gasteiger partial charge in [0.1, 0.15) is 11.5 Å². The highest BCUT2D eigenvalue weighted by atomic mass is 35.5. The van der Waals surface area contributed by atoms with Gasteiger partial charge in [-0.1, -0.05) is 17.7 Å². The summed E-state index contributed by atoms with van der Waals surface area (Å²) in [6.45, 7) is 9.19. The summed E-state index contributed by atoms with van der Waals surface area (Å²) in [6, 6.07) is 9.85. The highest BCUT2D eigenvalue weighted by Crippen LogP contribution is 2.28. The summed E-state index contributed by atoms with van der Waals surface area (Å²) in [7, 11) is 0.